The number of aromatic hydroxyl groups is 1. The van der Waals surface area contributed by atoms with Crippen molar-refractivity contribution in [1.29, 1.82) is 0 Å². The lowest BCUT2D eigenvalue weighted by atomic mass is 10.2. The molecule has 0 saturated carbocycles. The van der Waals surface area contributed by atoms with Crippen LogP contribution < -0.4 is 5.32 Å². The van der Waals surface area contributed by atoms with Gasteiger partial charge in [0.1, 0.15) is 10.8 Å². The quantitative estimate of drug-likeness (QED) is 0.517. The van der Waals surface area contributed by atoms with E-state index in [2.05, 4.69) is 5.32 Å². The molecule has 6 nitrogen and oxygen atoms in total. The van der Waals surface area contributed by atoms with Crippen molar-refractivity contribution in [2.24, 2.45) is 0 Å². The zero-order valence-corrected chi connectivity index (χ0v) is 10.9. The Labute approximate surface area is 116 Å². The van der Waals surface area contributed by atoms with Crippen molar-refractivity contribution >= 4 is 40.2 Å². The fourth-order valence-corrected chi connectivity index (χ4v) is 2.23. The molecule has 0 radical (unpaired) electrons. The summed E-state index contributed by atoms with van der Waals surface area (Å²) in [6.07, 6.45) is 0. The van der Waals surface area contributed by atoms with Crippen LogP contribution in [0.5, 0.6) is 5.75 Å². The first-order valence-electron chi connectivity index (χ1n) is 5.01. The van der Waals surface area contributed by atoms with Gasteiger partial charge < -0.3 is 10.4 Å². The molecule has 0 bridgehead atoms. The molecular weight excluding hydrogens is 292 g/mol. The summed E-state index contributed by atoms with van der Waals surface area (Å²) >= 11 is 6.94. The highest BCUT2D eigenvalue weighted by Gasteiger charge is 2.18. The SMILES string of the molecule is O=C(Nc1cc(Cl)c([N+](=O)[O-])cc1O)c1cccs1. The molecule has 1 aromatic carbocycles. The van der Waals surface area contributed by atoms with Crippen LogP contribution in [-0.2, 0) is 0 Å². The smallest absolute Gasteiger partial charge is 0.291 e. The number of halogens is 1. The number of anilines is 1. The number of thiophene rings is 1. The molecule has 1 aromatic heterocycles. The summed E-state index contributed by atoms with van der Waals surface area (Å²) in [5, 5.41) is 24.3. The minimum Gasteiger partial charge on any atom is -0.506 e. The second-order valence-electron chi connectivity index (χ2n) is 3.51. The van der Waals surface area contributed by atoms with Gasteiger partial charge in [-0.25, -0.2) is 0 Å². The first-order chi connectivity index (χ1) is 8.99. The van der Waals surface area contributed by atoms with E-state index in [9.17, 15) is 20.0 Å². The van der Waals surface area contributed by atoms with Crippen LogP contribution in [0.25, 0.3) is 0 Å². The normalized spacial score (nSPS) is 10.2. The van der Waals surface area contributed by atoms with Gasteiger partial charge in [-0.15, -0.1) is 11.3 Å². The van der Waals surface area contributed by atoms with Gasteiger partial charge in [-0.3, -0.25) is 14.9 Å². The maximum atomic E-state index is 11.8. The van der Waals surface area contributed by atoms with Gasteiger partial charge in [-0.2, -0.15) is 0 Å². The Bertz CT molecular complexity index is 642. The van der Waals surface area contributed by atoms with E-state index in [1.165, 1.54) is 11.3 Å². The Kier molecular flexibility index (Phi) is 3.68. The van der Waals surface area contributed by atoms with E-state index in [1.807, 2.05) is 0 Å². The summed E-state index contributed by atoms with van der Waals surface area (Å²) < 4.78 is 0. The van der Waals surface area contributed by atoms with Crippen LogP contribution in [0, 0.1) is 10.1 Å². The van der Waals surface area contributed by atoms with Gasteiger partial charge >= 0.3 is 0 Å². The molecule has 0 spiro atoms. The first-order valence-corrected chi connectivity index (χ1v) is 6.26. The number of rotatable bonds is 3. The van der Waals surface area contributed by atoms with Crippen LogP contribution in [0.3, 0.4) is 0 Å². The highest BCUT2D eigenvalue weighted by Crippen LogP contribution is 2.35. The number of phenolic OH excluding ortho intramolecular Hbond substituents is 1. The van der Waals surface area contributed by atoms with Crippen molar-refractivity contribution in [3.05, 3.63) is 49.7 Å². The predicted molar refractivity (Wildman–Crippen MR) is 72.0 cm³/mol. The number of hydrogen-bond acceptors (Lipinski definition) is 5. The van der Waals surface area contributed by atoms with Gasteiger partial charge in [0.25, 0.3) is 11.6 Å². The molecule has 2 N–H and O–H groups in total. The lowest BCUT2D eigenvalue weighted by molar-refractivity contribution is -0.384. The van der Waals surface area contributed by atoms with Gasteiger partial charge in [0.15, 0.2) is 0 Å². The number of benzene rings is 1. The van der Waals surface area contributed by atoms with Crippen LogP contribution >= 0.6 is 22.9 Å². The monoisotopic (exact) mass is 298 g/mol. The Morgan fingerprint density at radius 1 is 1.47 bits per heavy atom. The van der Waals surface area contributed by atoms with Gasteiger partial charge in [0, 0.05) is 0 Å². The van der Waals surface area contributed by atoms with Gasteiger partial charge in [0.2, 0.25) is 0 Å². The lowest BCUT2D eigenvalue weighted by Gasteiger charge is -2.07. The number of nitrogens with one attached hydrogen (secondary N) is 1. The van der Waals surface area contributed by atoms with Crippen LogP contribution in [-0.4, -0.2) is 15.9 Å². The summed E-state index contributed by atoms with van der Waals surface area (Å²) in [7, 11) is 0. The maximum Gasteiger partial charge on any atom is 0.291 e. The van der Waals surface area contributed by atoms with E-state index in [0.29, 0.717) is 4.88 Å². The fourth-order valence-electron chi connectivity index (χ4n) is 1.38. The molecule has 1 amide bonds. The topological polar surface area (TPSA) is 92.5 Å². The molecule has 0 aliphatic rings. The number of carbonyl (C=O) groups is 1. The highest BCUT2D eigenvalue weighted by atomic mass is 35.5. The summed E-state index contributed by atoms with van der Waals surface area (Å²) in [4.78, 5) is 22.1. The van der Waals surface area contributed by atoms with Crippen molar-refractivity contribution in [3.8, 4) is 5.75 Å². The molecular formula is C11H7ClN2O4S. The van der Waals surface area contributed by atoms with Crippen molar-refractivity contribution in [1.82, 2.24) is 0 Å². The van der Waals surface area contributed by atoms with E-state index >= 15 is 0 Å². The number of carbonyl (C=O) groups excluding carboxylic acids is 1. The predicted octanol–water partition coefficient (Wildman–Crippen LogP) is 3.27. The third-order valence-electron chi connectivity index (χ3n) is 2.26. The Balaban J connectivity index is 2.29. The van der Waals surface area contributed by atoms with Gasteiger partial charge in [-0.1, -0.05) is 17.7 Å². The molecule has 19 heavy (non-hydrogen) atoms. The summed E-state index contributed by atoms with van der Waals surface area (Å²) in [5.74, 6) is -0.837. The Morgan fingerprint density at radius 3 is 2.79 bits per heavy atom. The average molecular weight is 299 g/mol. The number of nitro benzene ring substituents is 1. The second kappa shape index (κ2) is 5.25. The largest absolute Gasteiger partial charge is 0.506 e. The van der Waals surface area contributed by atoms with Crippen molar-refractivity contribution in [2.75, 3.05) is 5.32 Å². The Morgan fingerprint density at radius 2 is 2.21 bits per heavy atom. The fraction of sp³-hybridized carbons (Fsp3) is 0. The molecule has 2 rings (SSSR count). The molecule has 0 aliphatic carbocycles. The van der Waals surface area contributed by atoms with E-state index in [4.69, 9.17) is 11.6 Å². The molecule has 0 atom stereocenters. The summed E-state index contributed by atoms with van der Waals surface area (Å²) in [6.45, 7) is 0. The van der Waals surface area contributed by atoms with Crippen molar-refractivity contribution in [3.63, 3.8) is 0 Å². The molecule has 1 heterocycles. The number of nitrogens with zero attached hydrogens (tertiary/aromatic N) is 1. The third kappa shape index (κ3) is 2.83. The summed E-state index contributed by atoms with van der Waals surface area (Å²) in [5.41, 5.74) is -0.401. The van der Waals surface area contributed by atoms with Crippen LogP contribution in [0.15, 0.2) is 29.6 Å². The van der Waals surface area contributed by atoms with E-state index in [-0.39, 0.29) is 10.7 Å². The number of phenols is 1. The number of hydrogen-bond donors (Lipinski definition) is 2. The van der Waals surface area contributed by atoms with Crippen molar-refractivity contribution < 1.29 is 14.8 Å². The minimum absolute atomic E-state index is 0.0222. The van der Waals surface area contributed by atoms with E-state index < -0.39 is 22.3 Å². The maximum absolute atomic E-state index is 11.8. The Hall–Kier alpha value is -2.12. The average Bonchev–Trinajstić information content (AvgIpc) is 2.86. The van der Waals surface area contributed by atoms with Crippen molar-refractivity contribution in [2.45, 2.75) is 0 Å². The zero-order chi connectivity index (χ0) is 14.0. The molecule has 8 heteroatoms. The van der Waals surface area contributed by atoms with Crippen LogP contribution in [0.2, 0.25) is 5.02 Å². The first kappa shape index (κ1) is 13.3. The zero-order valence-electron chi connectivity index (χ0n) is 9.29. The van der Waals surface area contributed by atoms with Crippen LogP contribution in [0.1, 0.15) is 9.67 Å². The van der Waals surface area contributed by atoms with Crippen LogP contribution in [0.4, 0.5) is 11.4 Å². The number of nitro groups is 1. The number of amides is 1. The minimum atomic E-state index is -0.715. The van der Waals surface area contributed by atoms with Gasteiger partial charge in [-0.05, 0) is 17.5 Å². The van der Waals surface area contributed by atoms with E-state index in [0.717, 1.165) is 12.1 Å². The third-order valence-corrected chi connectivity index (χ3v) is 3.43. The molecule has 2 aromatic rings. The highest BCUT2D eigenvalue weighted by molar-refractivity contribution is 7.12. The molecule has 0 unspecified atom stereocenters. The lowest BCUT2D eigenvalue weighted by Crippen LogP contribution is -2.10. The summed E-state index contributed by atoms with van der Waals surface area (Å²) in [6, 6.07) is 5.36. The molecule has 98 valence electrons. The molecule has 0 aliphatic heterocycles. The molecule has 0 fully saturated rings. The van der Waals surface area contributed by atoms with Gasteiger partial charge in [0.05, 0.1) is 21.6 Å². The molecule has 0 saturated heterocycles. The standard InChI is InChI=1S/C11H7ClN2O4S/c12-6-4-7(9(15)5-8(6)14(17)18)13-11(16)10-2-1-3-19-10/h1-5,15H,(H,13,16). The second-order valence-corrected chi connectivity index (χ2v) is 4.86. The van der Waals surface area contributed by atoms with E-state index in [1.54, 1.807) is 17.5 Å².